The maximum Gasteiger partial charge on any atom is 0.190 e. The molecule has 4 nitrogen and oxygen atoms in total. The largest absolute Gasteiger partial charge is 0.370 e. The molecule has 0 radical (unpaired) electrons. The molecule has 0 unspecified atom stereocenters. The van der Waals surface area contributed by atoms with Gasteiger partial charge in [-0.3, -0.25) is 0 Å². The van der Waals surface area contributed by atoms with Crippen LogP contribution >= 0.6 is 23.1 Å². The van der Waals surface area contributed by atoms with Crippen molar-refractivity contribution in [2.75, 3.05) is 24.2 Å². The van der Waals surface area contributed by atoms with Crippen molar-refractivity contribution in [3.63, 3.8) is 0 Å². The first-order valence-corrected chi connectivity index (χ1v) is 9.78. The summed E-state index contributed by atoms with van der Waals surface area (Å²) in [5.41, 5.74) is 1.28. The van der Waals surface area contributed by atoms with Crippen LogP contribution in [0.4, 0.5) is 5.82 Å². The van der Waals surface area contributed by atoms with Gasteiger partial charge in [0, 0.05) is 24.4 Å². The van der Waals surface area contributed by atoms with E-state index in [1.165, 1.54) is 15.8 Å². The van der Waals surface area contributed by atoms with Crippen molar-refractivity contribution in [1.82, 2.24) is 9.97 Å². The molecule has 22 heavy (non-hydrogen) atoms. The zero-order valence-corrected chi connectivity index (χ0v) is 15.5. The van der Waals surface area contributed by atoms with E-state index in [0.29, 0.717) is 6.61 Å². The van der Waals surface area contributed by atoms with Gasteiger partial charge in [0.05, 0.1) is 17.6 Å². The van der Waals surface area contributed by atoms with Gasteiger partial charge in [-0.15, -0.1) is 11.3 Å². The van der Waals surface area contributed by atoms with E-state index in [2.05, 4.69) is 32.6 Å². The number of hydrogen-bond donors (Lipinski definition) is 0. The predicted octanol–water partition coefficient (Wildman–Crippen LogP) is 4.11. The summed E-state index contributed by atoms with van der Waals surface area (Å²) >= 11 is 3.37. The van der Waals surface area contributed by atoms with Crippen LogP contribution in [0.1, 0.15) is 38.1 Å². The number of anilines is 1. The van der Waals surface area contributed by atoms with Crippen molar-refractivity contribution in [2.45, 2.75) is 51.5 Å². The molecule has 1 aliphatic rings. The second-order valence-corrected chi connectivity index (χ2v) is 7.97. The van der Waals surface area contributed by atoms with Gasteiger partial charge in [-0.25, -0.2) is 9.97 Å². The number of aromatic nitrogens is 2. The van der Waals surface area contributed by atoms with Crippen LogP contribution < -0.4 is 4.90 Å². The molecule has 0 amide bonds. The van der Waals surface area contributed by atoms with Gasteiger partial charge in [0.25, 0.3) is 0 Å². The lowest BCUT2D eigenvalue weighted by Gasteiger charge is -2.30. The van der Waals surface area contributed by atoms with Crippen LogP contribution in [0.25, 0.3) is 10.2 Å². The fourth-order valence-corrected chi connectivity index (χ4v) is 4.47. The molecule has 0 saturated heterocycles. The average molecular weight is 338 g/mol. The standard InChI is InChI=1S/C16H23N3OS2/c1-6-19(7-2)13-12-10-8-16(3,4)20-9-11(10)22-14(12)18-15(17-13)21-5/h6-9H2,1-5H3. The fourth-order valence-electron chi connectivity index (χ4n) is 2.95. The summed E-state index contributed by atoms with van der Waals surface area (Å²) in [7, 11) is 0. The van der Waals surface area contributed by atoms with Crippen LogP contribution in [-0.2, 0) is 17.8 Å². The Morgan fingerprint density at radius 3 is 2.64 bits per heavy atom. The van der Waals surface area contributed by atoms with Crippen molar-refractivity contribution in [3.05, 3.63) is 10.4 Å². The molecule has 2 aromatic heterocycles. The summed E-state index contributed by atoms with van der Waals surface area (Å²) in [6, 6.07) is 0. The molecular weight excluding hydrogens is 314 g/mol. The number of ether oxygens (including phenoxy) is 1. The Hall–Kier alpha value is -0.850. The Bertz CT molecular complexity index is 692. The minimum atomic E-state index is -0.111. The molecule has 0 spiro atoms. The number of fused-ring (bicyclic) bond motifs is 3. The predicted molar refractivity (Wildman–Crippen MR) is 95.3 cm³/mol. The number of rotatable bonds is 4. The quantitative estimate of drug-likeness (QED) is 0.620. The molecule has 0 aromatic carbocycles. The van der Waals surface area contributed by atoms with Crippen molar-refractivity contribution < 1.29 is 4.74 Å². The first-order valence-electron chi connectivity index (χ1n) is 7.74. The van der Waals surface area contributed by atoms with E-state index >= 15 is 0 Å². The minimum Gasteiger partial charge on any atom is -0.370 e. The van der Waals surface area contributed by atoms with Crippen molar-refractivity contribution in [3.8, 4) is 0 Å². The smallest absolute Gasteiger partial charge is 0.190 e. The molecule has 0 N–H and O–H groups in total. The third kappa shape index (κ3) is 2.72. The van der Waals surface area contributed by atoms with E-state index in [9.17, 15) is 0 Å². The van der Waals surface area contributed by atoms with Crippen molar-refractivity contribution in [2.24, 2.45) is 0 Å². The van der Waals surface area contributed by atoms with E-state index in [-0.39, 0.29) is 5.60 Å². The summed E-state index contributed by atoms with van der Waals surface area (Å²) in [5, 5.41) is 2.10. The molecular formula is C16H23N3OS2. The SMILES string of the molecule is CCN(CC)c1nc(SC)nc2sc3c(c12)CC(C)(C)OC3. The van der Waals surface area contributed by atoms with Gasteiger partial charge < -0.3 is 9.64 Å². The van der Waals surface area contributed by atoms with Crippen LogP contribution in [0.2, 0.25) is 0 Å². The molecule has 0 bridgehead atoms. The normalized spacial score (nSPS) is 16.8. The second-order valence-electron chi connectivity index (χ2n) is 6.12. The lowest BCUT2D eigenvalue weighted by molar-refractivity contribution is -0.0379. The molecule has 0 atom stereocenters. The Balaban J connectivity index is 2.25. The highest BCUT2D eigenvalue weighted by atomic mass is 32.2. The van der Waals surface area contributed by atoms with Crippen LogP contribution in [-0.4, -0.2) is 34.9 Å². The summed E-state index contributed by atoms with van der Waals surface area (Å²) < 4.78 is 5.97. The average Bonchev–Trinajstić information content (AvgIpc) is 2.84. The second kappa shape index (κ2) is 5.98. The molecule has 2 aromatic rings. The molecule has 1 aliphatic heterocycles. The Kier molecular flexibility index (Phi) is 4.36. The van der Waals surface area contributed by atoms with Gasteiger partial charge >= 0.3 is 0 Å². The lowest BCUT2D eigenvalue weighted by Crippen LogP contribution is -2.31. The van der Waals surface area contributed by atoms with E-state index < -0.39 is 0 Å². The lowest BCUT2D eigenvalue weighted by atomic mass is 9.94. The third-order valence-corrected chi connectivity index (χ3v) is 5.78. The summed E-state index contributed by atoms with van der Waals surface area (Å²) in [6.07, 6.45) is 2.96. The molecule has 3 rings (SSSR count). The maximum atomic E-state index is 5.97. The first-order chi connectivity index (χ1) is 10.5. The topological polar surface area (TPSA) is 38.2 Å². The number of thioether (sulfide) groups is 1. The van der Waals surface area contributed by atoms with Crippen LogP contribution in [0.3, 0.4) is 0 Å². The molecule has 120 valence electrons. The molecule has 0 fully saturated rings. The highest BCUT2D eigenvalue weighted by Crippen LogP contribution is 2.42. The van der Waals surface area contributed by atoms with Crippen molar-refractivity contribution in [1.29, 1.82) is 0 Å². The van der Waals surface area contributed by atoms with E-state index in [1.807, 2.05) is 6.26 Å². The monoisotopic (exact) mass is 337 g/mol. The van der Waals surface area contributed by atoms with Gasteiger partial charge in [0.1, 0.15) is 10.6 Å². The fraction of sp³-hybridized carbons (Fsp3) is 0.625. The zero-order chi connectivity index (χ0) is 15.9. The first kappa shape index (κ1) is 16.0. The summed E-state index contributed by atoms with van der Waals surface area (Å²) in [5.74, 6) is 1.09. The van der Waals surface area contributed by atoms with Gasteiger partial charge in [0.2, 0.25) is 0 Å². The van der Waals surface area contributed by atoms with E-state index in [1.54, 1.807) is 23.1 Å². The molecule has 3 heterocycles. The zero-order valence-electron chi connectivity index (χ0n) is 13.9. The molecule has 0 aliphatic carbocycles. The van der Waals surface area contributed by atoms with Crippen LogP contribution in [0.5, 0.6) is 0 Å². The number of nitrogens with zero attached hydrogens (tertiary/aromatic N) is 3. The van der Waals surface area contributed by atoms with Crippen LogP contribution in [0, 0.1) is 0 Å². The Morgan fingerprint density at radius 2 is 2.00 bits per heavy atom. The molecule has 6 heteroatoms. The highest BCUT2D eigenvalue weighted by Gasteiger charge is 2.31. The summed E-state index contributed by atoms with van der Waals surface area (Å²) in [4.78, 5) is 14.3. The number of hydrogen-bond acceptors (Lipinski definition) is 6. The van der Waals surface area contributed by atoms with Gasteiger partial charge in [0.15, 0.2) is 5.16 Å². The Labute approximate surface area is 140 Å². The van der Waals surface area contributed by atoms with Gasteiger partial charge in [-0.2, -0.15) is 0 Å². The van der Waals surface area contributed by atoms with E-state index in [4.69, 9.17) is 14.7 Å². The highest BCUT2D eigenvalue weighted by molar-refractivity contribution is 7.98. The maximum absolute atomic E-state index is 5.97. The van der Waals surface area contributed by atoms with E-state index in [0.717, 1.165) is 35.3 Å². The van der Waals surface area contributed by atoms with Crippen LogP contribution in [0.15, 0.2) is 5.16 Å². The molecule has 0 saturated carbocycles. The minimum absolute atomic E-state index is 0.111. The summed E-state index contributed by atoms with van der Waals surface area (Å²) in [6.45, 7) is 11.3. The van der Waals surface area contributed by atoms with Gasteiger partial charge in [-0.1, -0.05) is 11.8 Å². The third-order valence-electron chi connectivity index (χ3n) is 4.14. The van der Waals surface area contributed by atoms with Gasteiger partial charge in [-0.05, 0) is 39.5 Å². The number of thiophene rings is 1. The van der Waals surface area contributed by atoms with Crippen molar-refractivity contribution >= 4 is 39.1 Å². The Morgan fingerprint density at radius 1 is 1.27 bits per heavy atom.